The summed E-state index contributed by atoms with van der Waals surface area (Å²) in [5.74, 6) is -0.401. The molecule has 0 aliphatic rings. The maximum atomic E-state index is 10.6. The fourth-order valence-corrected chi connectivity index (χ4v) is 2.11. The summed E-state index contributed by atoms with van der Waals surface area (Å²) in [7, 11) is -3.98. The summed E-state index contributed by atoms with van der Waals surface area (Å²) in [6.07, 6.45) is 0.451. The van der Waals surface area contributed by atoms with E-state index < -0.39 is 21.9 Å². The van der Waals surface area contributed by atoms with Crippen LogP contribution in [0.1, 0.15) is 11.1 Å². The van der Waals surface area contributed by atoms with Crippen LogP contribution < -0.4 is 5.73 Å². The van der Waals surface area contributed by atoms with Crippen LogP contribution in [0, 0.1) is 6.92 Å². The van der Waals surface area contributed by atoms with Crippen molar-refractivity contribution in [3.63, 3.8) is 0 Å². The van der Waals surface area contributed by atoms with Crippen LogP contribution in [0.4, 0.5) is 0 Å². The highest BCUT2D eigenvalue weighted by Gasteiger charge is 2.13. The lowest BCUT2D eigenvalue weighted by atomic mass is 10.0. The van der Waals surface area contributed by atoms with E-state index in [1.165, 1.54) is 0 Å². The Bertz CT molecular complexity index is 428. The van der Waals surface area contributed by atoms with Gasteiger partial charge in [-0.05, 0) is 24.5 Å². The number of rotatable bonds is 4. The molecule has 0 aliphatic carbocycles. The Morgan fingerprint density at radius 1 is 1.40 bits per heavy atom. The summed E-state index contributed by atoms with van der Waals surface area (Å²) in [5, 5.41) is 0. The zero-order chi connectivity index (χ0) is 11.5. The smallest absolute Gasteiger partial charge is 0.266 e. The number of hydrogen-bond donors (Lipinski definition) is 2. The lowest BCUT2D eigenvalue weighted by Crippen LogP contribution is -2.31. The maximum absolute atomic E-state index is 10.6. The summed E-state index contributed by atoms with van der Waals surface area (Å²) in [6, 6.07) is 7.06. The van der Waals surface area contributed by atoms with E-state index in [1.807, 2.05) is 31.2 Å². The second-order valence-corrected chi connectivity index (χ2v) is 5.14. The molecular weight excluding hydrogens is 214 g/mol. The quantitative estimate of drug-likeness (QED) is 0.747. The summed E-state index contributed by atoms with van der Waals surface area (Å²) in [6.45, 7) is 1.94. The number of hydrogen-bond acceptors (Lipinski definition) is 3. The second kappa shape index (κ2) is 4.74. The van der Waals surface area contributed by atoms with Gasteiger partial charge in [0.05, 0.1) is 5.75 Å². The van der Waals surface area contributed by atoms with Crippen LogP contribution in [-0.4, -0.2) is 24.8 Å². The molecule has 0 aromatic heterocycles. The molecular formula is C10H15NO3S. The van der Waals surface area contributed by atoms with Gasteiger partial charge < -0.3 is 5.73 Å². The highest BCUT2D eigenvalue weighted by atomic mass is 32.2. The lowest BCUT2D eigenvalue weighted by Gasteiger charge is -2.11. The lowest BCUT2D eigenvalue weighted by molar-refractivity contribution is 0.476. The molecule has 0 bridgehead atoms. The van der Waals surface area contributed by atoms with E-state index in [-0.39, 0.29) is 0 Å². The average Bonchev–Trinajstić information content (AvgIpc) is 2.05. The molecule has 1 atom stereocenters. The fourth-order valence-electron chi connectivity index (χ4n) is 1.45. The van der Waals surface area contributed by atoms with Crippen molar-refractivity contribution in [2.75, 3.05) is 5.75 Å². The first-order valence-electron chi connectivity index (χ1n) is 4.64. The molecule has 15 heavy (non-hydrogen) atoms. The summed E-state index contributed by atoms with van der Waals surface area (Å²) in [5.41, 5.74) is 7.70. The first kappa shape index (κ1) is 12.2. The van der Waals surface area contributed by atoms with E-state index in [0.29, 0.717) is 6.42 Å². The SMILES string of the molecule is Cc1ccccc1C[C@H](N)CS(=O)(=O)O. The van der Waals surface area contributed by atoms with Gasteiger partial charge in [0, 0.05) is 6.04 Å². The van der Waals surface area contributed by atoms with Gasteiger partial charge in [0.25, 0.3) is 10.1 Å². The van der Waals surface area contributed by atoms with Crippen molar-refractivity contribution in [3.05, 3.63) is 35.4 Å². The van der Waals surface area contributed by atoms with Gasteiger partial charge >= 0.3 is 0 Å². The average molecular weight is 229 g/mol. The minimum atomic E-state index is -3.98. The van der Waals surface area contributed by atoms with Crippen molar-refractivity contribution in [2.45, 2.75) is 19.4 Å². The molecule has 5 heteroatoms. The van der Waals surface area contributed by atoms with E-state index in [9.17, 15) is 8.42 Å². The number of benzene rings is 1. The zero-order valence-corrected chi connectivity index (χ0v) is 9.37. The molecule has 84 valence electrons. The second-order valence-electron chi connectivity index (χ2n) is 3.64. The Balaban J connectivity index is 2.67. The van der Waals surface area contributed by atoms with E-state index >= 15 is 0 Å². The van der Waals surface area contributed by atoms with Crippen molar-refractivity contribution >= 4 is 10.1 Å². The van der Waals surface area contributed by atoms with Gasteiger partial charge in [-0.2, -0.15) is 8.42 Å². The van der Waals surface area contributed by atoms with Gasteiger partial charge in [0.2, 0.25) is 0 Å². The molecule has 1 aromatic carbocycles. The van der Waals surface area contributed by atoms with Crippen molar-refractivity contribution < 1.29 is 13.0 Å². The third kappa shape index (κ3) is 4.42. The van der Waals surface area contributed by atoms with Crippen LogP contribution in [-0.2, 0) is 16.5 Å². The van der Waals surface area contributed by atoms with Crippen LogP contribution in [0.3, 0.4) is 0 Å². The largest absolute Gasteiger partial charge is 0.326 e. The standard InChI is InChI=1S/C10H15NO3S/c1-8-4-2-3-5-9(8)6-10(11)7-15(12,13)14/h2-5,10H,6-7,11H2,1H3,(H,12,13,14)/t10-/m0/s1. The van der Waals surface area contributed by atoms with Crippen LogP contribution in [0.25, 0.3) is 0 Å². The van der Waals surface area contributed by atoms with E-state index in [2.05, 4.69) is 0 Å². The Hall–Kier alpha value is -0.910. The molecule has 4 nitrogen and oxygen atoms in total. The van der Waals surface area contributed by atoms with Crippen molar-refractivity contribution in [1.29, 1.82) is 0 Å². The van der Waals surface area contributed by atoms with Gasteiger partial charge in [-0.3, -0.25) is 4.55 Å². The Labute approximate surface area is 89.9 Å². The van der Waals surface area contributed by atoms with Crippen LogP contribution in [0.2, 0.25) is 0 Å². The normalized spacial score (nSPS) is 13.8. The molecule has 0 unspecified atom stereocenters. The minimum absolute atomic E-state index is 0.401. The highest BCUT2D eigenvalue weighted by Crippen LogP contribution is 2.09. The van der Waals surface area contributed by atoms with Crippen LogP contribution in [0.15, 0.2) is 24.3 Å². The molecule has 0 spiro atoms. The predicted octanol–water partition coefficient (Wildman–Crippen LogP) is 0.753. The third-order valence-electron chi connectivity index (χ3n) is 2.17. The summed E-state index contributed by atoms with van der Waals surface area (Å²) >= 11 is 0. The molecule has 0 fully saturated rings. The number of nitrogens with two attached hydrogens (primary N) is 1. The van der Waals surface area contributed by atoms with Gasteiger partial charge in [-0.25, -0.2) is 0 Å². The van der Waals surface area contributed by atoms with Crippen LogP contribution in [0.5, 0.6) is 0 Å². The Morgan fingerprint density at radius 2 is 2.00 bits per heavy atom. The molecule has 0 saturated carbocycles. The molecule has 3 N–H and O–H groups in total. The fraction of sp³-hybridized carbons (Fsp3) is 0.400. The van der Waals surface area contributed by atoms with Crippen molar-refractivity contribution in [2.24, 2.45) is 5.73 Å². The first-order chi connectivity index (χ1) is 6.88. The van der Waals surface area contributed by atoms with Gasteiger partial charge in [0.15, 0.2) is 0 Å². The predicted molar refractivity (Wildman–Crippen MR) is 59.3 cm³/mol. The van der Waals surface area contributed by atoms with Gasteiger partial charge in [-0.15, -0.1) is 0 Å². The summed E-state index contributed by atoms with van der Waals surface area (Å²) in [4.78, 5) is 0. The molecule has 0 heterocycles. The Morgan fingerprint density at radius 3 is 2.53 bits per heavy atom. The zero-order valence-electron chi connectivity index (χ0n) is 8.55. The monoisotopic (exact) mass is 229 g/mol. The molecule has 0 radical (unpaired) electrons. The summed E-state index contributed by atoms with van der Waals surface area (Å²) < 4.78 is 29.8. The van der Waals surface area contributed by atoms with E-state index in [4.69, 9.17) is 10.3 Å². The van der Waals surface area contributed by atoms with E-state index in [0.717, 1.165) is 11.1 Å². The van der Waals surface area contributed by atoms with Crippen molar-refractivity contribution in [1.82, 2.24) is 0 Å². The minimum Gasteiger partial charge on any atom is -0.326 e. The van der Waals surface area contributed by atoms with Crippen molar-refractivity contribution in [3.8, 4) is 0 Å². The third-order valence-corrected chi connectivity index (χ3v) is 3.02. The number of aryl methyl sites for hydroxylation is 1. The maximum Gasteiger partial charge on any atom is 0.266 e. The molecule has 1 aromatic rings. The topological polar surface area (TPSA) is 80.4 Å². The highest BCUT2D eigenvalue weighted by molar-refractivity contribution is 7.85. The van der Waals surface area contributed by atoms with Gasteiger partial charge in [0.1, 0.15) is 0 Å². The molecule has 1 rings (SSSR count). The first-order valence-corrected chi connectivity index (χ1v) is 6.24. The molecule has 0 saturated heterocycles. The van der Waals surface area contributed by atoms with E-state index in [1.54, 1.807) is 0 Å². The Kier molecular flexibility index (Phi) is 3.84. The van der Waals surface area contributed by atoms with Gasteiger partial charge in [-0.1, -0.05) is 24.3 Å². The molecule has 0 aliphatic heterocycles. The van der Waals surface area contributed by atoms with Crippen LogP contribution >= 0.6 is 0 Å². The molecule has 0 amide bonds.